The van der Waals surface area contributed by atoms with E-state index in [4.69, 9.17) is 0 Å². The minimum atomic E-state index is -0.706. The number of amides is 1. The number of likely N-dealkylation sites (tertiary alicyclic amines) is 1. The summed E-state index contributed by atoms with van der Waals surface area (Å²) in [6.45, 7) is 3.21. The average Bonchev–Trinajstić information content (AvgIpc) is 3.18. The number of hydrogen-bond acceptors (Lipinski definition) is 5. The van der Waals surface area contributed by atoms with E-state index in [1.165, 1.54) is 11.1 Å². The molecular formula is C23H25BrN4O3. The predicted octanol–water partition coefficient (Wildman–Crippen LogP) is 2.44. The van der Waals surface area contributed by atoms with Crippen molar-refractivity contribution in [2.24, 2.45) is 0 Å². The highest BCUT2D eigenvalue weighted by atomic mass is 79.9. The number of aliphatic hydroxyl groups is 2. The molecule has 3 atom stereocenters. The largest absolute Gasteiger partial charge is 0.389 e. The van der Waals surface area contributed by atoms with Crippen molar-refractivity contribution < 1.29 is 15.0 Å². The van der Waals surface area contributed by atoms with Crippen LogP contribution in [0.5, 0.6) is 0 Å². The van der Waals surface area contributed by atoms with Crippen LogP contribution in [0.15, 0.2) is 47.2 Å². The first-order valence-electron chi connectivity index (χ1n) is 10.5. The normalized spacial score (nSPS) is 24.4. The average molecular weight is 485 g/mol. The summed E-state index contributed by atoms with van der Waals surface area (Å²) in [5, 5.41) is 24.7. The Balaban J connectivity index is 1.37. The molecule has 2 aliphatic rings. The highest BCUT2D eigenvalue weighted by Gasteiger charge is 2.45. The van der Waals surface area contributed by atoms with E-state index < -0.39 is 17.7 Å². The fourth-order valence-electron chi connectivity index (χ4n) is 4.81. The van der Waals surface area contributed by atoms with Crippen LogP contribution in [-0.2, 0) is 13.0 Å². The number of rotatable bonds is 2. The van der Waals surface area contributed by atoms with Gasteiger partial charge in [0, 0.05) is 42.1 Å². The van der Waals surface area contributed by atoms with Gasteiger partial charge in [-0.05, 0) is 52.9 Å². The summed E-state index contributed by atoms with van der Waals surface area (Å²) in [4.78, 5) is 19.4. The molecule has 1 saturated heterocycles. The fourth-order valence-corrected chi connectivity index (χ4v) is 5.28. The van der Waals surface area contributed by atoms with Gasteiger partial charge in [-0.15, -0.1) is 0 Å². The van der Waals surface area contributed by atoms with Gasteiger partial charge in [-0.2, -0.15) is 0 Å². The van der Waals surface area contributed by atoms with Crippen molar-refractivity contribution >= 4 is 27.5 Å². The van der Waals surface area contributed by atoms with Gasteiger partial charge >= 0.3 is 0 Å². The molecule has 1 aromatic carbocycles. The molecule has 3 N–H and O–H groups in total. The summed E-state index contributed by atoms with van der Waals surface area (Å²) in [7, 11) is 0. The van der Waals surface area contributed by atoms with Gasteiger partial charge in [-0.1, -0.05) is 24.3 Å². The molecule has 0 aliphatic carbocycles. The first kappa shape index (κ1) is 20.6. The number of piperidine rings is 1. The van der Waals surface area contributed by atoms with Crippen molar-refractivity contribution in [2.45, 2.75) is 44.1 Å². The number of aromatic nitrogens is 2. The minimum Gasteiger partial charge on any atom is -0.389 e. The molecular weight excluding hydrogens is 460 g/mol. The lowest BCUT2D eigenvalue weighted by molar-refractivity contribution is -0.0140. The van der Waals surface area contributed by atoms with Crippen LogP contribution in [0.2, 0.25) is 0 Å². The number of pyridine rings is 1. The molecule has 2 aliphatic heterocycles. The quantitative estimate of drug-likeness (QED) is 0.519. The minimum absolute atomic E-state index is 0.207. The molecule has 7 nitrogen and oxygen atoms in total. The maximum absolute atomic E-state index is 13.2. The number of hydrogen-bond donors (Lipinski definition) is 3. The fraction of sp³-hybridized carbons (Fsp3) is 0.391. The van der Waals surface area contributed by atoms with Gasteiger partial charge in [-0.25, -0.2) is 4.98 Å². The summed E-state index contributed by atoms with van der Waals surface area (Å²) >= 11 is 3.44. The summed E-state index contributed by atoms with van der Waals surface area (Å²) in [5.74, 6) is -0.207. The Morgan fingerprint density at radius 2 is 2.10 bits per heavy atom. The van der Waals surface area contributed by atoms with E-state index in [1.54, 1.807) is 22.4 Å². The third-order valence-electron chi connectivity index (χ3n) is 6.62. The number of β-amino-alcohol motifs (C(OH)–C–C–N with tert-alkyl or cyclic N) is 1. The van der Waals surface area contributed by atoms with Gasteiger partial charge in [0.05, 0.1) is 17.7 Å². The monoisotopic (exact) mass is 484 g/mol. The second kappa shape index (κ2) is 7.70. The van der Waals surface area contributed by atoms with Crippen LogP contribution < -0.4 is 5.32 Å². The second-order valence-electron chi connectivity index (χ2n) is 8.62. The Morgan fingerprint density at radius 1 is 1.32 bits per heavy atom. The molecule has 5 rings (SSSR count). The van der Waals surface area contributed by atoms with Crippen molar-refractivity contribution in [1.82, 2.24) is 19.6 Å². The Morgan fingerprint density at radius 3 is 2.84 bits per heavy atom. The van der Waals surface area contributed by atoms with Gasteiger partial charge < -0.3 is 24.8 Å². The topological polar surface area (TPSA) is 90.1 Å². The number of imidazole rings is 1. The van der Waals surface area contributed by atoms with Crippen molar-refractivity contribution in [3.05, 3.63) is 69.6 Å². The van der Waals surface area contributed by atoms with Crippen molar-refractivity contribution in [2.75, 3.05) is 13.1 Å². The van der Waals surface area contributed by atoms with E-state index in [1.807, 2.05) is 24.4 Å². The zero-order valence-electron chi connectivity index (χ0n) is 17.3. The SMILES string of the molecule is CC(O)c1cc(Br)cn2cc(C(=O)N3CC[C@]4(Cc5ccccc5CN4)[C@H](O)C3)nc12. The first-order valence-corrected chi connectivity index (χ1v) is 11.3. The number of fused-ring (bicyclic) bond motifs is 2. The van der Waals surface area contributed by atoms with Crippen molar-refractivity contribution in [3.63, 3.8) is 0 Å². The second-order valence-corrected chi connectivity index (χ2v) is 9.53. The molecule has 0 radical (unpaired) electrons. The van der Waals surface area contributed by atoms with Crippen LogP contribution in [0, 0.1) is 0 Å². The molecule has 1 unspecified atom stereocenters. The Kier molecular flexibility index (Phi) is 5.13. The smallest absolute Gasteiger partial charge is 0.274 e. The molecule has 2 aromatic heterocycles. The highest BCUT2D eigenvalue weighted by molar-refractivity contribution is 9.10. The van der Waals surface area contributed by atoms with E-state index in [2.05, 4.69) is 38.4 Å². The van der Waals surface area contributed by atoms with E-state index >= 15 is 0 Å². The van der Waals surface area contributed by atoms with Gasteiger partial charge in [0.15, 0.2) is 0 Å². The number of nitrogens with one attached hydrogen (secondary N) is 1. The van der Waals surface area contributed by atoms with Crippen LogP contribution in [0.1, 0.15) is 46.6 Å². The third kappa shape index (κ3) is 3.57. The Hall–Kier alpha value is -2.26. The predicted molar refractivity (Wildman–Crippen MR) is 120 cm³/mol. The van der Waals surface area contributed by atoms with Crippen molar-refractivity contribution in [1.29, 1.82) is 0 Å². The standard InChI is InChI=1S/C23H25BrN4O3/c1-14(29)18-8-17(24)11-28-12-19(26-21(18)28)22(31)27-7-6-23(20(30)13-27)9-15-4-2-3-5-16(15)10-25-23/h2-5,8,11-12,14,20,25,29-30H,6-7,9-10,13H2,1H3/t14?,20-,23+/m1/s1. The van der Waals surface area contributed by atoms with E-state index in [0.717, 1.165) is 17.4 Å². The number of carbonyl (C=O) groups is 1. The zero-order chi connectivity index (χ0) is 21.8. The molecule has 4 heterocycles. The molecule has 8 heteroatoms. The van der Waals surface area contributed by atoms with Crippen LogP contribution in [0.3, 0.4) is 0 Å². The number of nitrogens with zero attached hydrogens (tertiary/aromatic N) is 3. The lowest BCUT2D eigenvalue weighted by atomic mass is 9.76. The first-order chi connectivity index (χ1) is 14.9. The highest BCUT2D eigenvalue weighted by Crippen LogP contribution is 2.33. The molecule has 0 saturated carbocycles. The third-order valence-corrected chi connectivity index (χ3v) is 7.05. The Bertz CT molecular complexity index is 1160. The van der Waals surface area contributed by atoms with Crippen molar-refractivity contribution in [3.8, 4) is 0 Å². The summed E-state index contributed by atoms with van der Waals surface area (Å²) in [5.41, 5.74) is 3.64. The summed E-state index contributed by atoms with van der Waals surface area (Å²) < 4.78 is 2.55. The summed E-state index contributed by atoms with van der Waals surface area (Å²) in [6.07, 6.45) is 3.55. The lowest BCUT2D eigenvalue weighted by Crippen LogP contribution is -2.65. The van der Waals surface area contributed by atoms with E-state index in [9.17, 15) is 15.0 Å². The van der Waals surface area contributed by atoms with E-state index in [0.29, 0.717) is 29.9 Å². The van der Waals surface area contributed by atoms with Crippen LogP contribution in [-0.4, -0.2) is 55.1 Å². The lowest BCUT2D eigenvalue weighted by Gasteiger charge is -2.48. The van der Waals surface area contributed by atoms with Gasteiger partial charge in [0.25, 0.3) is 5.91 Å². The van der Waals surface area contributed by atoms with E-state index in [-0.39, 0.29) is 12.5 Å². The number of halogens is 1. The Labute approximate surface area is 188 Å². The number of aliphatic hydroxyl groups excluding tert-OH is 2. The molecule has 0 bridgehead atoms. The number of benzene rings is 1. The molecule has 1 fully saturated rings. The molecule has 162 valence electrons. The summed E-state index contributed by atoms with van der Waals surface area (Å²) in [6, 6.07) is 10.1. The maximum atomic E-state index is 13.2. The van der Waals surface area contributed by atoms with Crippen LogP contribution in [0.4, 0.5) is 0 Å². The maximum Gasteiger partial charge on any atom is 0.274 e. The van der Waals surface area contributed by atoms with Gasteiger partial charge in [0.1, 0.15) is 11.3 Å². The van der Waals surface area contributed by atoms with Gasteiger partial charge in [-0.3, -0.25) is 4.79 Å². The zero-order valence-corrected chi connectivity index (χ0v) is 18.8. The molecule has 31 heavy (non-hydrogen) atoms. The van der Waals surface area contributed by atoms with Gasteiger partial charge in [0.2, 0.25) is 0 Å². The van der Waals surface area contributed by atoms with Crippen LogP contribution >= 0.6 is 15.9 Å². The van der Waals surface area contributed by atoms with Crippen LogP contribution in [0.25, 0.3) is 5.65 Å². The number of carbonyl (C=O) groups excluding carboxylic acids is 1. The molecule has 1 amide bonds. The molecule has 1 spiro atoms. The molecule has 3 aromatic rings.